The van der Waals surface area contributed by atoms with Crippen LogP contribution in [0.15, 0.2) is 18.3 Å². The summed E-state index contributed by atoms with van der Waals surface area (Å²) in [6.07, 6.45) is 3.36. The minimum Gasteiger partial charge on any atom is -0.357 e. The standard InChI is InChI=1S/C18H25N5O/c1-14-13-21(2)9-10-23(14)18(24)16-5-7-22(8-6-16)17-4-3-15(11-19)12-20-17/h3-4,12,14,16H,5-10,13H2,1-2H3/t14-/m0/s1. The molecule has 0 aliphatic carbocycles. The number of pyridine rings is 1. The van der Waals surface area contributed by atoms with E-state index in [0.717, 1.165) is 51.4 Å². The molecule has 0 radical (unpaired) electrons. The van der Waals surface area contributed by atoms with Gasteiger partial charge in [0.2, 0.25) is 5.91 Å². The van der Waals surface area contributed by atoms with E-state index in [0.29, 0.717) is 17.5 Å². The highest BCUT2D eigenvalue weighted by Gasteiger charge is 2.33. The number of nitriles is 1. The molecule has 1 aromatic rings. The molecule has 1 aromatic heterocycles. The zero-order valence-corrected chi connectivity index (χ0v) is 14.5. The van der Waals surface area contributed by atoms with E-state index in [1.54, 1.807) is 12.3 Å². The summed E-state index contributed by atoms with van der Waals surface area (Å²) < 4.78 is 0. The maximum Gasteiger partial charge on any atom is 0.226 e. The maximum atomic E-state index is 12.8. The molecule has 0 spiro atoms. The van der Waals surface area contributed by atoms with Gasteiger partial charge >= 0.3 is 0 Å². The van der Waals surface area contributed by atoms with Gasteiger partial charge in [-0.05, 0) is 38.9 Å². The van der Waals surface area contributed by atoms with Gasteiger partial charge in [0.25, 0.3) is 0 Å². The molecule has 2 saturated heterocycles. The van der Waals surface area contributed by atoms with E-state index in [1.807, 2.05) is 6.07 Å². The molecule has 6 nitrogen and oxygen atoms in total. The number of hydrogen-bond acceptors (Lipinski definition) is 5. The summed E-state index contributed by atoms with van der Waals surface area (Å²) in [7, 11) is 2.11. The van der Waals surface area contributed by atoms with E-state index in [1.165, 1.54) is 0 Å². The SMILES string of the molecule is C[C@H]1CN(C)CCN1C(=O)C1CCN(c2ccc(C#N)cn2)CC1. The predicted molar refractivity (Wildman–Crippen MR) is 92.6 cm³/mol. The van der Waals surface area contributed by atoms with Gasteiger partial charge in [-0.3, -0.25) is 4.79 Å². The number of hydrogen-bond donors (Lipinski definition) is 0. The predicted octanol–water partition coefficient (Wildman–Crippen LogP) is 1.33. The van der Waals surface area contributed by atoms with Crippen LogP contribution in [0.1, 0.15) is 25.3 Å². The number of anilines is 1. The monoisotopic (exact) mass is 327 g/mol. The molecule has 0 N–H and O–H groups in total. The van der Waals surface area contributed by atoms with E-state index >= 15 is 0 Å². The lowest BCUT2D eigenvalue weighted by molar-refractivity contribution is -0.140. The number of amides is 1. The van der Waals surface area contributed by atoms with Crippen molar-refractivity contribution in [1.29, 1.82) is 5.26 Å². The number of nitrogens with zero attached hydrogens (tertiary/aromatic N) is 5. The third-order valence-corrected chi connectivity index (χ3v) is 5.16. The molecule has 1 amide bonds. The lowest BCUT2D eigenvalue weighted by Gasteiger charge is -2.41. The van der Waals surface area contributed by atoms with Crippen LogP contribution in [0.3, 0.4) is 0 Å². The number of aromatic nitrogens is 1. The first-order valence-corrected chi connectivity index (χ1v) is 8.68. The number of rotatable bonds is 2. The van der Waals surface area contributed by atoms with Gasteiger partial charge < -0.3 is 14.7 Å². The lowest BCUT2D eigenvalue weighted by atomic mass is 9.94. The smallest absolute Gasteiger partial charge is 0.226 e. The van der Waals surface area contributed by atoms with Crippen LogP contribution in [0.2, 0.25) is 0 Å². The first-order valence-electron chi connectivity index (χ1n) is 8.68. The number of carbonyl (C=O) groups excluding carboxylic acids is 1. The molecule has 128 valence electrons. The fourth-order valence-electron chi connectivity index (χ4n) is 3.70. The Kier molecular flexibility index (Phi) is 5.00. The summed E-state index contributed by atoms with van der Waals surface area (Å²) in [5, 5.41) is 8.85. The van der Waals surface area contributed by atoms with E-state index < -0.39 is 0 Å². The molecule has 0 bridgehead atoms. The molecule has 6 heteroatoms. The van der Waals surface area contributed by atoms with Crippen molar-refractivity contribution in [1.82, 2.24) is 14.8 Å². The van der Waals surface area contributed by atoms with E-state index in [2.05, 4.69) is 39.7 Å². The Bertz CT molecular complexity index is 615. The van der Waals surface area contributed by atoms with Crippen LogP contribution in [0, 0.1) is 17.2 Å². The zero-order chi connectivity index (χ0) is 17.1. The fraction of sp³-hybridized carbons (Fsp3) is 0.611. The molecule has 24 heavy (non-hydrogen) atoms. The molecular formula is C18H25N5O. The second-order valence-electron chi connectivity index (χ2n) is 6.92. The van der Waals surface area contributed by atoms with Crippen LogP contribution in [-0.2, 0) is 4.79 Å². The van der Waals surface area contributed by atoms with Crippen molar-refractivity contribution in [3.63, 3.8) is 0 Å². The van der Waals surface area contributed by atoms with E-state index in [-0.39, 0.29) is 5.92 Å². The summed E-state index contributed by atoms with van der Waals surface area (Å²) in [6.45, 7) is 6.59. The van der Waals surface area contributed by atoms with Gasteiger partial charge in [0.1, 0.15) is 11.9 Å². The van der Waals surface area contributed by atoms with Gasteiger partial charge in [-0.25, -0.2) is 4.98 Å². The molecule has 2 fully saturated rings. The first kappa shape index (κ1) is 16.7. The Morgan fingerprint density at radius 3 is 2.58 bits per heavy atom. The van der Waals surface area contributed by atoms with Crippen LogP contribution in [0.5, 0.6) is 0 Å². The Morgan fingerprint density at radius 1 is 1.25 bits per heavy atom. The van der Waals surface area contributed by atoms with Gasteiger partial charge in [0.15, 0.2) is 0 Å². The van der Waals surface area contributed by atoms with Crippen LogP contribution < -0.4 is 4.90 Å². The topological polar surface area (TPSA) is 63.5 Å². The molecule has 0 saturated carbocycles. The first-order chi connectivity index (χ1) is 11.6. The quantitative estimate of drug-likeness (QED) is 0.820. The van der Waals surface area contributed by atoms with Crippen LogP contribution in [0.4, 0.5) is 5.82 Å². The van der Waals surface area contributed by atoms with Crippen molar-refractivity contribution in [3.05, 3.63) is 23.9 Å². The average Bonchev–Trinajstić information content (AvgIpc) is 2.61. The molecule has 2 aliphatic heterocycles. The van der Waals surface area contributed by atoms with E-state index in [9.17, 15) is 4.79 Å². The summed E-state index contributed by atoms with van der Waals surface area (Å²) in [5.41, 5.74) is 0.577. The molecule has 0 unspecified atom stereocenters. The minimum atomic E-state index is 0.130. The number of piperidine rings is 1. The Balaban J connectivity index is 1.56. The molecule has 1 atom stereocenters. The van der Waals surface area contributed by atoms with Crippen molar-refractivity contribution in [3.8, 4) is 6.07 Å². The van der Waals surface area contributed by atoms with Crippen molar-refractivity contribution < 1.29 is 4.79 Å². The van der Waals surface area contributed by atoms with Crippen molar-refractivity contribution in [2.75, 3.05) is 44.7 Å². The third kappa shape index (κ3) is 3.51. The number of piperazine rings is 1. The van der Waals surface area contributed by atoms with Gasteiger partial charge in [-0.2, -0.15) is 5.26 Å². The summed E-state index contributed by atoms with van der Waals surface area (Å²) in [4.78, 5) is 23.8. The average molecular weight is 327 g/mol. The zero-order valence-electron chi connectivity index (χ0n) is 14.5. The third-order valence-electron chi connectivity index (χ3n) is 5.16. The van der Waals surface area contributed by atoms with Crippen molar-refractivity contribution >= 4 is 11.7 Å². The van der Waals surface area contributed by atoms with Crippen LogP contribution in [0.25, 0.3) is 0 Å². The summed E-state index contributed by atoms with van der Waals surface area (Å²) in [5.74, 6) is 1.35. The van der Waals surface area contributed by atoms with Gasteiger partial charge in [0, 0.05) is 50.9 Å². The van der Waals surface area contributed by atoms with Gasteiger partial charge in [-0.1, -0.05) is 0 Å². The molecular weight excluding hydrogens is 302 g/mol. The fourth-order valence-corrected chi connectivity index (χ4v) is 3.70. The highest BCUT2D eigenvalue weighted by molar-refractivity contribution is 5.79. The van der Waals surface area contributed by atoms with Crippen molar-refractivity contribution in [2.24, 2.45) is 5.92 Å². The Hall–Kier alpha value is -2.13. The normalized spacial score (nSPS) is 23.1. The Labute approximate surface area is 143 Å². The van der Waals surface area contributed by atoms with Crippen molar-refractivity contribution in [2.45, 2.75) is 25.8 Å². The second-order valence-corrected chi connectivity index (χ2v) is 6.92. The lowest BCUT2D eigenvalue weighted by Crippen LogP contribution is -2.55. The molecule has 2 aliphatic rings. The number of likely N-dealkylation sites (N-methyl/N-ethyl adjacent to an activating group) is 1. The minimum absolute atomic E-state index is 0.130. The molecule has 3 heterocycles. The molecule has 0 aromatic carbocycles. The van der Waals surface area contributed by atoms with Crippen LogP contribution >= 0.6 is 0 Å². The Morgan fingerprint density at radius 2 is 2.00 bits per heavy atom. The maximum absolute atomic E-state index is 12.8. The second kappa shape index (κ2) is 7.18. The van der Waals surface area contributed by atoms with Gasteiger partial charge in [-0.15, -0.1) is 0 Å². The van der Waals surface area contributed by atoms with Gasteiger partial charge in [0.05, 0.1) is 5.56 Å². The number of carbonyl (C=O) groups is 1. The van der Waals surface area contributed by atoms with Crippen LogP contribution in [-0.4, -0.2) is 66.5 Å². The largest absolute Gasteiger partial charge is 0.357 e. The molecule has 3 rings (SSSR count). The van der Waals surface area contributed by atoms with E-state index in [4.69, 9.17) is 5.26 Å². The summed E-state index contributed by atoms with van der Waals surface area (Å²) >= 11 is 0. The summed E-state index contributed by atoms with van der Waals surface area (Å²) in [6, 6.07) is 6.08. The highest BCUT2D eigenvalue weighted by Crippen LogP contribution is 2.25. The highest BCUT2D eigenvalue weighted by atomic mass is 16.2.